The van der Waals surface area contributed by atoms with E-state index < -0.39 is 0 Å². The van der Waals surface area contributed by atoms with Gasteiger partial charge in [-0.1, -0.05) is 13.8 Å². The second-order valence-electron chi connectivity index (χ2n) is 1.62. The Bertz CT molecular complexity index is 36.6. The van der Waals surface area contributed by atoms with Crippen LogP contribution in [0.4, 0.5) is 0 Å². The van der Waals surface area contributed by atoms with Crippen molar-refractivity contribution in [3.63, 3.8) is 0 Å². The summed E-state index contributed by atoms with van der Waals surface area (Å²) < 4.78 is 0. The third-order valence-corrected chi connectivity index (χ3v) is 0.833. The second-order valence-corrected chi connectivity index (χ2v) is 1.62. The fourth-order valence-corrected chi connectivity index (χ4v) is 0.431. The highest BCUT2D eigenvalue weighted by Gasteiger charge is 1.81. The molecule has 0 aliphatic carbocycles. The molecule has 0 saturated heterocycles. The van der Waals surface area contributed by atoms with E-state index in [0.717, 1.165) is 19.5 Å². The number of nitrogens with two attached hydrogens (primary N) is 1. The first kappa shape index (κ1) is 12.5. The number of rotatable bonds is 5. The molecule has 0 fully saturated rings. The molecule has 0 aliphatic heterocycles. The van der Waals surface area contributed by atoms with Crippen molar-refractivity contribution in [2.24, 2.45) is 5.73 Å². The first-order chi connectivity index (χ1) is 4.91. The zero-order chi connectivity index (χ0) is 8.24. The Morgan fingerprint density at radius 3 is 2.30 bits per heavy atom. The summed E-state index contributed by atoms with van der Waals surface area (Å²) in [5.41, 5.74) is 5.19. The molecule has 0 atom stereocenters. The van der Waals surface area contributed by atoms with Crippen LogP contribution >= 0.6 is 0 Å². The minimum atomic E-state index is 0.261. The van der Waals surface area contributed by atoms with Crippen LogP contribution in [0, 0.1) is 0 Å². The average Bonchev–Trinajstić information content (AvgIpc) is 2.02. The minimum absolute atomic E-state index is 0.261. The summed E-state index contributed by atoms with van der Waals surface area (Å²) in [6.07, 6.45) is 0.819. The SMILES string of the molecule is CC.NCCNCCCO. The quantitative estimate of drug-likeness (QED) is 0.479. The summed E-state index contributed by atoms with van der Waals surface area (Å²) in [4.78, 5) is 0. The molecule has 0 aromatic carbocycles. The largest absolute Gasteiger partial charge is 0.396 e. The Hall–Kier alpha value is -0.120. The van der Waals surface area contributed by atoms with E-state index in [-0.39, 0.29) is 6.61 Å². The predicted octanol–water partition coefficient (Wildman–Crippen LogP) is -0.0567. The Labute approximate surface area is 63.6 Å². The molecule has 0 spiro atoms. The molecule has 0 bridgehead atoms. The first-order valence-corrected chi connectivity index (χ1v) is 3.93. The lowest BCUT2D eigenvalue weighted by atomic mass is 10.4. The van der Waals surface area contributed by atoms with Crippen molar-refractivity contribution in [2.75, 3.05) is 26.2 Å². The molecule has 3 heteroatoms. The van der Waals surface area contributed by atoms with Gasteiger partial charge in [-0.25, -0.2) is 0 Å². The van der Waals surface area contributed by atoms with Gasteiger partial charge in [0.25, 0.3) is 0 Å². The van der Waals surface area contributed by atoms with E-state index in [9.17, 15) is 0 Å². The number of nitrogens with one attached hydrogen (secondary N) is 1. The molecule has 0 unspecified atom stereocenters. The number of hydrogen-bond donors (Lipinski definition) is 3. The zero-order valence-electron chi connectivity index (χ0n) is 7.06. The normalized spacial score (nSPS) is 8.40. The fourth-order valence-electron chi connectivity index (χ4n) is 0.431. The lowest BCUT2D eigenvalue weighted by molar-refractivity contribution is 0.286. The van der Waals surface area contributed by atoms with Crippen LogP contribution < -0.4 is 11.1 Å². The molecule has 64 valence electrons. The van der Waals surface area contributed by atoms with E-state index in [1.165, 1.54) is 0 Å². The van der Waals surface area contributed by atoms with Crippen LogP contribution in [0.2, 0.25) is 0 Å². The van der Waals surface area contributed by atoms with Crippen LogP contribution in [0.3, 0.4) is 0 Å². The Balaban J connectivity index is 0. The van der Waals surface area contributed by atoms with Gasteiger partial charge in [-0.2, -0.15) is 0 Å². The van der Waals surface area contributed by atoms with Gasteiger partial charge in [0.15, 0.2) is 0 Å². The molecule has 0 heterocycles. The molecule has 0 radical (unpaired) electrons. The highest BCUT2D eigenvalue weighted by molar-refractivity contribution is 4.45. The van der Waals surface area contributed by atoms with Crippen molar-refractivity contribution in [1.29, 1.82) is 0 Å². The van der Waals surface area contributed by atoms with Crippen molar-refractivity contribution in [3.8, 4) is 0 Å². The van der Waals surface area contributed by atoms with Gasteiger partial charge in [0.1, 0.15) is 0 Å². The Kier molecular flexibility index (Phi) is 20.0. The van der Waals surface area contributed by atoms with E-state index in [1.807, 2.05) is 13.8 Å². The summed E-state index contributed by atoms with van der Waals surface area (Å²) in [6.45, 7) is 6.65. The third kappa shape index (κ3) is 15.7. The van der Waals surface area contributed by atoms with E-state index >= 15 is 0 Å². The van der Waals surface area contributed by atoms with Crippen molar-refractivity contribution < 1.29 is 5.11 Å². The Morgan fingerprint density at radius 1 is 1.30 bits per heavy atom. The average molecular weight is 148 g/mol. The van der Waals surface area contributed by atoms with Gasteiger partial charge >= 0.3 is 0 Å². The molecule has 0 amide bonds. The lowest BCUT2D eigenvalue weighted by Gasteiger charge is -1.97. The van der Waals surface area contributed by atoms with Crippen molar-refractivity contribution in [3.05, 3.63) is 0 Å². The standard InChI is InChI=1S/C5H14N2O.C2H6/c6-2-4-7-3-1-5-8;1-2/h7-8H,1-6H2;1-2H3. The molecular weight excluding hydrogens is 128 g/mol. The number of hydrogen-bond acceptors (Lipinski definition) is 3. The summed E-state index contributed by atoms with van der Waals surface area (Å²) in [5.74, 6) is 0. The fraction of sp³-hybridized carbons (Fsp3) is 1.00. The second kappa shape index (κ2) is 15.9. The molecule has 0 rings (SSSR count). The molecule has 4 N–H and O–H groups in total. The molecular formula is C7H20N2O. The maximum absolute atomic E-state index is 8.29. The number of aliphatic hydroxyl groups is 1. The zero-order valence-corrected chi connectivity index (χ0v) is 7.06. The predicted molar refractivity (Wildman–Crippen MR) is 45.0 cm³/mol. The van der Waals surface area contributed by atoms with Crippen LogP contribution in [-0.2, 0) is 0 Å². The van der Waals surface area contributed by atoms with E-state index in [0.29, 0.717) is 6.54 Å². The van der Waals surface area contributed by atoms with E-state index in [2.05, 4.69) is 5.32 Å². The first-order valence-electron chi connectivity index (χ1n) is 3.93. The molecule has 10 heavy (non-hydrogen) atoms. The van der Waals surface area contributed by atoms with Gasteiger partial charge < -0.3 is 16.2 Å². The van der Waals surface area contributed by atoms with Crippen molar-refractivity contribution in [1.82, 2.24) is 5.32 Å². The topological polar surface area (TPSA) is 58.3 Å². The molecule has 3 nitrogen and oxygen atoms in total. The van der Waals surface area contributed by atoms with Gasteiger partial charge in [0, 0.05) is 19.7 Å². The van der Waals surface area contributed by atoms with Gasteiger partial charge in [0.05, 0.1) is 0 Å². The summed E-state index contributed by atoms with van der Waals surface area (Å²) in [6, 6.07) is 0. The van der Waals surface area contributed by atoms with Crippen LogP contribution in [0.1, 0.15) is 20.3 Å². The maximum atomic E-state index is 8.29. The van der Waals surface area contributed by atoms with Crippen LogP contribution in [-0.4, -0.2) is 31.3 Å². The van der Waals surface area contributed by atoms with Gasteiger partial charge in [0.2, 0.25) is 0 Å². The van der Waals surface area contributed by atoms with Crippen molar-refractivity contribution in [2.45, 2.75) is 20.3 Å². The molecule has 0 aromatic rings. The van der Waals surface area contributed by atoms with E-state index in [4.69, 9.17) is 10.8 Å². The summed E-state index contributed by atoms with van der Waals surface area (Å²) in [7, 11) is 0. The third-order valence-electron chi connectivity index (χ3n) is 0.833. The Morgan fingerprint density at radius 2 is 1.90 bits per heavy atom. The van der Waals surface area contributed by atoms with Crippen LogP contribution in [0.5, 0.6) is 0 Å². The van der Waals surface area contributed by atoms with Gasteiger partial charge in [-0.05, 0) is 13.0 Å². The monoisotopic (exact) mass is 148 g/mol. The van der Waals surface area contributed by atoms with Crippen LogP contribution in [0.15, 0.2) is 0 Å². The smallest absolute Gasteiger partial charge is 0.0443 e. The summed E-state index contributed by atoms with van der Waals surface area (Å²) in [5, 5.41) is 11.3. The lowest BCUT2D eigenvalue weighted by Crippen LogP contribution is -2.23. The van der Waals surface area contributed by atoms with Gasteiger partial charge in [-0.3, -0.25) is 0 Å². The highest BCUT2D eigenvalue weighted by atomic mass is 16.3. The van der Waals surface area contributed by atoms with Gasteiger partial charge in [-0.15, -0.1) is 0 Å². The maximum Gasteiger partial charge on any atom is 0.0443 e. The van der Waals surface area contributed by atoms with E-state index in [1.54, 1.807) is 0 Å². The highest BCUT2D eigenvalue weighted by Crippen LogP contribution is 1.68. The van der Waals surface area contributed by atoms with Crippen molar-refractivity contribution >= 4 is 0 Å². The molecule has 0 aliphatic rings. The molecule has 0 aromatic heterocycles. The molecule has 0 saturated carbocycles. The minimum Gasteiger partial charge on any atom is -0.396 e. The van der Waals surface area contributed by atoms with Crippen LogP contribution in [0.25, 0.3) is 0 Å². The summed E-state index contributed by atoms with van der Waals surface area (Å²) >= 11 is 0. The number of aliphatic hydroxyl groups excluding tert-OH is 1.